The summed E-state index contributed by atoms with van der Waals surface area (Å²) in [7, 11) is 0. The van der Waals surface area contributed by atoms with Crippen LogP contribution in [0.2, 0.25) is 0 Å². The molecular weight excluding hydrogens is 406 g/mol. The monoisotopic (exact) mass is 432 g/mol. The quantitative estimate of drug-likeness (QED) is 0.733. The number of likely N-dealkylation sites (tertiary alicyclic amines) is 1. The van der Waals surface area contributed by atoms with Crippen LogP contribution < -0.4 is 10.1 Å². The zero-order valence-corrected chi connectivity index (χ0v) is 17.5. The number of carbonyl (C=O) groups is 2. The van der Waals surface area contributed by atoms with Crippen molar-refractivity contribution in [2.24, 2.45) is 5.92 Å². The summed E-state index contributed by atoms with van der Waals surface area (Å²) in [6, 6.07) is 8.14. The summed E-state index contributed by atoms with van der Waals surface area (Å²) in [5, 5.41) is 12.5. The van der Waals surface area contributed by atoms with Crippen molar-refractivity contribution in [3.63, 3.8) is 0 Å². The highest BCUT2D eigenvalue weighted by molar-refractivity contribution is 5.99. The van der Waals surface area contributed by atoms with E-state index in [9.17, 15) is 23.5 Å². The predicted octanol–water partition coefficient (Wildman–Crippen LogP) is 3.49. The maximum Gasteiger partial charge on any atom is 0.255 e. The second kappa shape index (κ2) is 9.76. The minimum Gasteiger partial charge on any atom is -0.507 e. The standard InChI is InChI=1S/C23H26F2N2O4/c1-14(2)21(26-22(29)19-8-5-16(25)13-20(19)28)23(30)27-11-9-18(10-12-27)31-17-6-3-15(24)4-7-17/h3-8,13-14,18,21,28H,9-12H2,1-2H3,(H,26,29)/t21-/m0/s1. The number of hydrogen-bond donors (Lipinski definition) is 2. The number of nitrogens with one attached hydrogen (secondary N) is 1. The zero-order valence-electron chi connectivity index (χ0n) is 17.5. The first-order chi connectivity index (χ1) is 14.7. The van der Waals surface area contributed by atoms with Crippen molar-refractivity contribution in [3.05, 3.63) is 59.7 Å². The Labute approximate surface area is 179 Å². The minimum atomic E-state index is -0.786. The highest BCUT2D eigenvalue weighted by Gasteiger charge is 2.32. The average Bonchev–Trinajstić information content (AvgIpc) is 2.73. The summed E-state index contributed by atoms with van der Waals surface area (Å²) in [5.74, 6) is -1.93. The largest absolute Gasteiger partial charge is 0.507 e. The lowest BCUT2D eigenvalue weighted by Crippen LogP contribution is -2.53. The lowest BCUT2D eigenvalue weighted by molar-refractivity contribution is -0.136. The fraction of sp³-hybridized carbons (Fsp3) is 0.391. The van der Waals surface area contributed by atoms with Crippen molar-refractivity contribution in [3.8, 4) is 11.5 Å². The molecule has 1 aliphatic heterocycles. The van der Waals surface area contributed by atoms with Gasteiger partial charge < -0.3 is 20.1 Å². The number of phenols is 1. The first-order valence-electron chi connectivity index (χ1n) is 10.2. The minimum absolute atomic E-state index is 0.0854. The maximum absolute atomic E-state index is 13.2. The van der Waals surface area contributed by atoms with Gasteiger partial charge in [0.15, 0.2) is 0 Å². The molecule has 1 saturated heterocycles. The smallest absolute Gasteiger partial charge is 0.255 e. The molecule has 166 valence electrons. The third-order valence-electron chi connectivity index (χ3n) is 5.29. The molecule has 1 aliphatic rings. The van der Waals surface area contributed by atoms with Gasteiger partial charge in [-0.3, -0.25) is 9.59 Å². The van der Waals surface area contributed by atoms with Gasteiger partial charge in [0.2, 0.25) is 5.91 Å². The van der Waals surface area contributed by atoms with Crippen LogP contribution in [-0.4, -0.2) is 47.1 Å². The van der Waals surface area contributed by atoms with Crippen LogP contribution in [0.15, 0.2) is 42.5 Å². The van der Waals surface area contributed by atoms with Gasteiger partial charge in [0.1, 0.15) is 35.3 Å². The van der Waals surface area contributed by atoms with Crippen molar-refractivity contribution in [1.82, 2.24) is 10.2 Å². The number of nitrogens with zero attached hydrogens (tertiary/aromatic N) is 1. The van der Waals surface area contributed by atoms with Crippen LogP contribution in [0.1, 0.15) is 37.0 Å². The van der Waals surface area contributed by atoms with Crippen LogP contribution in [0.4, 0.5) is 8.78 Å². The fourth-order valence-electron chi connectivity index (χ4n) is 3.53. The van der Waals surface area contributed by atoms with E-state index in [4.69, 9.17) is 4.74 Å². The van der Waals surface area contributed by atoms with Gasteiger partial charge in [0.05, 0.1) is 5.56 Å². The van der Waals surface area contributed by atoms with Gasteiger partial charge in [0.25, 0.3) is 5.91 Å². The van der Waals surface area contributed by atoms with Gasteiger partial charge in [0, 0.05) is 32.0 Å². The molecule has 1 atom stereocenters. The number of hydrogen-bond acceptors (Lipinski definition) is 4. The van der Waals surface area contributed by atoms with E-state index in [1.807, 2.05) is 13.8 Å². The first kappa shape index (κ1) is 22.5. The molecular formula is C23H26F2N2O4. The van der Waals surface area contributed by atoms with E-state index in [0.29, 0.717) is 31.7 Å². The molecule has 2 aromatic carbocycles. The average molecular weight is 432 g/mol. The normalized spacial score (nSPS) is 15.6. The van der Waals surface area contributed by atoms with Crippen LogP contribution >= 0.6 is 0 Å². The first-order valence-corrected chi connectivity index (χ1v) is 10.2. The number of halogens is 2. The van der Waals surface area contributed by atoms with Gasteiger partial charge >= 0.3 is 0 Å². The van der Waals surface area contributed by atoms with Crippen molar-refractivity contribution in [2.45, 2.75) is 38.8 Å². The molecule has 2 N–H and O–H groups in total. The van der Waals surface area contributed by atoms with E-state index in [1.165, 1.54) is 18.2 Å². The van der Waals surface area contributed by atoms with E-state index in [1.54, 1.807) is 17.0 Å². The molecule has 2 amide bonds. The van der Waals surface area contributed by atoms with Gasteiger partial charge in [-0.2, -0.15) is 0 Å². The van der Waals surface area contributed by atoms with Crippen LogP contribution in [0, 0.1) is 17.6 Å². The third kappa shape index (κ3) is 5.71. The Bertz CT molecular complexity index is 926. The lowest BCUT2D eigenvalue weighted by atomic mass is 9.99. The molecule has 31 heavy (non-hydrogen) atoms. The molecule has 0 aliphatic carbocycles. The summed E-state index contributed by atoms with van der Waals surface area (Å²) >= 11 is 0. The Morgan fingerprint density at radius 2 is 1.68 bits per heavy atom. The van der Waals surface area contributed by atoms with E-state index >= 15 is 0 Å². The highest BCUT2D eigenvalue weighted by Crippen LogP contribution is 2.22. The number of ether oxygens (including phenoxy) is 1. The van der Waals surface area contributed by atoms with Gasteiger partial charge in [-0.25, -0.2) is 8.78 Å². The van der Waals surface area contributed by atoms with E-state index in [2.05, 4.69) is 5.32 Å². The third-order valence-corrected chi connectivity index (χ3v) is 5.29. The molecule has 3 rings (SSSR count). The van der Waals surface area contributed by atoms with E-state index in [0.717, 1.165) is 12.1 Å². The fourth-order valence-corrected chi connectivity index (χ4v) is 3.53. The molecule has 1 fully saturated rings. The van der Waals surface area contributed by atoms with Crippen molar-refractivity contribution < 1.29 is 28.2 Å². The summed E-state index contributed by atoms with van der Waals surface area (Å²) < 4.78 is 32.1. The molecule has 6 nitrogen and oxygen atoms in total. The van der Waals surface area contributed by atoms with Crippen molar-refractivity contribution >= 4 is 11.8 Å². The molecule has 1 heterocycles. The SMILES string of the molecule is CC(C)[C@H](NC(=O)c1ccc(F)cc1O)C(=O)N1CCC(Oc2ccc(F)cc2)CC1. The number of amides is 2. The highest BCUT2D eigenvalue weighted by atomic mass is 19.1. The second-order valence-corrected chi connectivity index (χ2v) is 7.95. The summed E-state index contributed by atoms with van der Waals surface area (Å²) in [5.41, 5.74) is -0.0914. The van der Waals surface area contributed by atoms with Crippen LogP contribution in [0.25, 0.3) is 0 Å². The number of piperidine rings is 1. The van der Waals surface area contributed by atoms with Gasteiger partial charge in [-0.05, 0) is 42.3 Å². The molecule has 0 bridgehead atoms. The molecule has 0 spiro atoms. The lowest BCUT2D eigenvalue weighted by Gasteiger charge is -2.35. The van der Waals surface area contributed by atoms with Crippen LogP contribution in [0.5, 0.6) is 11.5 Å². The summed E-state index contributed by atoms with van der Waals surface area (Å²) in [6.45, 7) is 4.56. The van der Waals surface area contributed by atoms with Gasteiger partial charge in [-0.15, -0.1) is 0 Å². The zero-order chi connectivity index (χ0) is 22.5. The second-order valence-electron chi connectivity index (χ2n) is 7.95. The molecule has 0 radical (unpaired) electrons. The van der Waals surface area contributed by atoms with E-state index < -0.39 is 23.5 Å². The Hall–Kier alpha value is -3.16. The van der Waals surface area contributed by atoms with Crippen molar-refractivity contribution in [1.29, 1.82) is 0 Å². The number of aromatic hydroxyl groups is 1. The van der Waals surface area contributed by atoms with Gasteiger partial charge in [-0.1, -0.05) is 13.8 Å². The Balaban J connectivity index is 1.59. The Morgan fingerprint density at radius 1 is 1.06 bits per heavy atom. The van der Waals surface area contributed by atoms with E-state index in [-0.39, 0.29) is 29.3 Å². The summed E-state index contributed by atoms with van der Waals surface area (Å²) in [4.78, 5) is 27.3. The number of benzene rings is 2. The number of carbonyl (C=O) groups excluding carboxylic acids is 2. The molecule has 0 aromatic heterocycles. The predicted molar refractivity (Wildman–Crippen MR) is 111 cm³/mol. The van der Waals surface area contributed by atoms with Crippen molar-refractivity contribution in [2.75, 3.05) is 13.1 Å². The molecule has 2 aromatic rings. The topological polar surface area (TPSA) is 78.9 Å². The molecule has 8 heteroatoms. The number of phenolic OH excluding ortho intramolecular Hbond substituents is 1. The Kier molecular flexibility index (Phi) is 7.09. The maximum atomic E-state index is 13.2. The Morgan fingerprint density at radius 3 is 2.26 bits per heavy atom. The molecule has 0 saturated carbocycles. The van der Waals surface area contributed by atoms with Crippen LogP contribution in [-0.2, 0) is 4.79 Å². The summed E-state index contributed by atoms with van der Waals surface area (Å²) in [6.07, 6.45) is 1.14. The molecule has 0 unspecified atom stereocenters. The number of rotatable bonds is 6. The van der Waals surface area contributed by atoms with Crippen LogP contribution in [0.3, 0.4) is 0 Å².